The standard InChI is InChI=1S/C18H20FNO3S/c1-13(16-6-4-3-5-7-16)20-18(21)14(2)24(22,23)12-15-8-10-17(19)11-9-15/h3-11,13-14H,12H2,1-2H3,(H,20,21)/t13-,14+/m1/s1. The summed E-state index contributed by atoms with van der Waals surface area (Å²) in [6.45, 7) is 3.17. The Morgan fingerprint density at radius 1 is 1.04 bits per heavy atom. The van der Waals surface area contributed by atoms with Crippen LogP contribution in [-0.2, 0) is 20.4 Å². The van der Waals surface area contributed by atoms with Crippen LogP contribution in [0, 0.1) is 5.82 Å². The van der Waals surface area contributed by atoms with Crippen LogP contribution < -0.4 is 5.32 Å². The summed E-state index contributed by atoms with van der Waals surface area (Å²) in [4.78, 5) is 12.3. The number of rotatable bonds is 6. The molecule has 0 aliphatic carbocycles. The first-order valence-electron chi connectivity index (χ1n) is 7.61. The fraction of sp³-hybridized carbons (Fsp3) is 0.278. The van der Waals surface area contributed by atoms with Crippen LogP contribution in [0.25, 0.3) is 0 Å². The van der Waals surface area contributed by atoms with Crippen molar-refractivity contribution in [3.05, 3.63) is 71.5 Å². The lowest BCUT2D eigenvalue weighted by Gasteiger charge is -2.18. The van der Waals surface area contributed by atoms with Gasteiger partial charge in [-0.25, -0.2) is 12.8 Å². The number of benzene rings is 2. The molecule has 0 fully saturated rings. The summed E-state index contributed by atoms with van der Waals surface area (Å²) >= 11 is 0. The zero-order valence-electron chi connectivity index (χ0n) is 13.6. The minimum Gasteiger partial charge on any atom is -0.348 e. The van der Waals surface area contributed by atoms with Crippen molar-refractivity contribution in [3.63, 3.8) is 0 Å². The largest absolute Gasteiger partial charge is 0.348 e. The molecule has 0 heterocycles. The molecule has 0 spiro atoms. The monoisotopic (exact) mass is 349 g/mol. The van der Waals surface area contributed by atoms with Crippen LogP contribution in [0.2, 0.25) is 0 Å². The molecule has 0 aromatic heterocycles. The van der Waals surface area contributed by atoms with E-state index in [9.17, 15) is 17.6 Å². The molecular formula is C18H20FNO3S. The zero-order chi connectivity index (χ0) is 17.7. The lowest BCUT2D eigenvalue weighted by atomic mass is 10.1. The molecule has 4 nitrogen and oxygen atoms in total. The van der Waals surface area contributed by atoms with Crippen molar-refractivity contribution in [2.45, 2.75) is 30.9 Å². The molecule has 1 N–H and O–H groups in total. The summed E-state index contributed by atoms with van der Waals surface area (Å²) < 4.78 is 37.7. The number of nitrogens with one attached hydrogen (secondary N) is 1. The first kappa shape index (κ1) is 18.1. The molecule has 0 saturated heterocycles. The zero-order valence-corrected chi connectivity index (χ0v) is 14.4. The molecule has 0 aliphatic rings. The summed E-state index contributed by atoms with van der Waals surface area (Å²) in [6, 6.07) is 14.2. The third kappa shape index (κ3) is 4.64. The molecule has 6 heteroatoms. The molecular weight excluding hydrogens is 329 g/mol. The van der Waals surface area contributed by atoms with E-state index in [0.29, 0.717) is 5.56 Å². The van der Waals surface area contributed by atoms with E-state index in [0.717, 1.165) is 5.56 Å². The molecule has 2 aromatic carbocycles. The van der Waals surface area contributed by atoms with E-state index in [2.05, 4.69) is 5.32 Å². The average Bonchev–Trinajstić information content (AvgIpc) is 2.56. The van der Waals surface area contributed by atoms with E-state index in [1.807, 2.05) is 30.3 Å². The second-order valence-corrected chi connectivity index (χ2v) is 8.04. The van der Waals surface area contributed by atoms with Crippen LogP contribution in [0.4, 0.5) is 4.39 Å². The molecule has 0 aliphatic heterocycles. The van der Waals surface area contributed by atoms with E-state index in [1.165, 1.54) is 31.2 Å². The van der Waals surface area contributed by atoms with Gasteiger partial charge in [-0.3, -0.25) is 4.79 Å². The Balaban J connectivity index is 2.04. The second-order valence-electron chi connectivity index (χ2n) is 5.72. The number of amides is 1. The van der Waals surface area contributed by atoms with Gasteiger partial charge in [0, 0.05) is 0 Å². The highest BCUT2D eigenvalue weighted by molar-refractivity contribution is 7.92. The van der Waals surface area contributed by atoms with Crippen molar-refractivity contribution < 1.29 is 17.6 Å². The quantitative estimate of drug-likeness (QED) is 0.872. The molecule has 2 aromatic rings. The predicted octanol–water partition coefficient (Wildman–Crippen LogP) is 3.01. The summed E-state index contributed by atoms with van der Waals surface area (Å²) in [5.74, 6) is -1.28. The van der Waals surface area contributed by atoms with Crippen LogP contribution in [0.3, 0.4) is 0 Å². The van der Waals surface area contributed by atoms with Crippen LogP contribution in [0.5, 0.6) is 0 Å². The van der Waals surface area contributed by atoms with Crippen molar-refractivity contribution in [3.8, 4) is 0 Å². The van der Waals surface area contributed by atoms with Crippen LogP contribution in [0.1, 0.15) is 31.0 Å². The maximum Gasteiger partial charge on any atom is 0.238 e. The number of sulfone groups is 1. The van der Waals surface area contributed by atoms with Gasteiger partial charge < -0.3 is 5.32 Å². The van der Waals surface area contributed by atoms with Gasteiger partial charge in [0.05, 0.1) is 11.8 Å². The van der Waals surface area contributed by atoms with Crippen LogP contribution >= 0.6 is 0 Å². The maximum absolute atomic E-state index is 12.9. The number of hydrogen-bond acceptors (Lipinski definition) is 3. The van der Waals surface area contributed by atoms with Crippen LogP contribution in [-0.4, -0.2) is 19.6 Å². The number of hydrogen-bond donors (Lipinski definition) is 1. The molecule has 1 amide bonds. The van der Waals surface area contributed by atoms with Crippen molar-refractivity contribution >= 4 is 15.7 Å². The highest BCUT2D eigenvalue weighted by Gasteiger charge is 2.29. The second kappa shape index (κ2) is 7.57. The Morgan fingerprint density at radius 2 is 1.62 bits per heavy atom. The van der Waals surface area contributed by atoms with Gasteiger partial charge in [0.2, 0.25) is 5.91 Å². The van der Waals surface area contributed by atoms with Crippen LogP contribution in [0.15, 0.2) is 54.6 Å². The van der Waals surface area contributed by atoms with E-state index in [4.69, 9.17) is 0 Å². The Bertz CT molecular complexity index is 789. The first-order chi connectivity index (χ1) is 11.3. The predicted molar refractivity (Wildman–Crippen MR) is 91.5 cm³/mol. The Hall–Kier alpha value is -2.21. The molecule has 2 atom stereocenters. The van der Waals surface area contributed by atoms with Gasteiger partial charge in [-0.05, 0) is 37.1 Å². The van der Waals surface area contributed by atoms with E-state index in [-0.39, 0.29) is 11.8 Å². The smallest absolute Gasteiger partial charge is 0.238 e. The van der Waals surface area contributed by atoms with E-state index < -0.39 is 26.8 Å². The number of carbonyl (C=O) groups excluding carboxylic acids is 1. The van der Waals surface area contributed by atoms with Crippen molar-refractivity contribution in [2.24, 2.45) is 0 Å². The average molecular weight is 349 g/mol. The molecule has 24 heavy (non-hydrogen) atoms. The van der Waals surface area contributed by atoms with Crippen molar-refractivity contribution in [2.75, 3.05) is 0 Å². The third-order valence-corrected chi connectivity index (χ3v) is 5.87. The Morgan fingerprint density at radius 3 is 2.21 bits per heavy atom. The molecule has 0 bridgehead atoms. The fourth-order valence-electron chi connectivity index (χ4n) is 2.26. The molecule has 2 rings (SSSR count). The Labute approximate surface area is 141 Å². The highest BCUT2D eigenvalue weighted by atomic mass is 32.2. The van der Waals surface area contributed by atoms with Gasteiger partial charge in [-0.1, -0.05) is 42.5 Å². The van der Waals surface area contributed by atoms with Gasteiger partial charge >= 0.3 is 0 Å². The summed E-state index contributed by atoms with van der Waals surface area (Å²) in [5, 5.41) is 1.53. The topological polar surface area (TPSA) is 63.2 Å². The number of carbonyl (C=O) groups is 1. The van der Waals surface area contributed by atoms with Gasteiger partial charge in [0.1, 0.15) is 11.1 Å². The molecule has 0 radical (unpaired) electrons. The van der Waals surface area contributed by atoms with Gasteiger partial charge in [-0.2, -0.15) is 0 Å². The molecule has 0 saturated carbocycles. The maximum atomic E-state index is 12.9. The summed E-state index contributed by atoms with van der Waals surface area (Å²) in [6.07, 6.45) is 0. The minimum absolute atomic E-state index is 0.290. The normalized spacial score (nSPS) is 14.0. The Kier molecular flexibility index (Phi) is 5.72. The van der Waals surface area contributed by atoms with E-state index >= 15 is 0 Å². The van der Waals surface area contributed by atoms with Gasteiger partial charge in [0.25, 0.3) is 0 Å². The van der Waals surface area contributed by atoms with Gasteiger partial charge in [-0.15, -0.1) is 0 Å². The highest BCUT2D eigenvalue weighted by Crippen LogP contribution is 2.15. The molecule has 128 valence electrons. The SMILES string of the molecule is C[C@@H](NC(=O)[C@H](C)S(=O)(=O)Cc1ccc(F)cc1)c1ccccc1. The van der Waals surface area contributed by atoms with Gasteiger partial charge in [0.15, 0.2) is 9.84 Å². The lowest BCUT2D eigenvalue weighted by molar-refractivity contribution is -0.121. The van der Waals surface area contributed by atoms with E-state index in [1.54, 1.807) is 6.92 Å². The minimum atomic E-state index is -3.69. The first-order valence-corrected chi connectivity index (χ1v) is 9.32. The summed E-state index contributed by atoms with van der Waals surface area (Å²) in [7, 11) is -3.69. The number of halogens is 1. The third-order valence-electron chi connectivity index (χ3n) is 3.85. The van der Waals surface area contributed by atoms with Crippen molar-refractivity contribution in [1.29, 1.82) is 0 Å². The van der Waals surface area contributed by atoms with Crippen molar-refractivity contribution in [1.82, 2.24) is 5.32 Å². The molecule has 0 unspecified atom stereocenters. The summed E-state index contributed by atoms with van der Waals surface area (Å²) in [5.41, 5.74) is 1.35. The fourth-order valence-corrected chi connectivity index (χ4v) is 3.56. The lowest BCUT2D eigenvalue weighted by Crippen LogP contribution is -2.39.